The van der Waals surface area contributed by atoms with Gasteiger partial charge in [0.05, 0.1) is 13.0 Å². The molecule has 0 aromatic rings. The molecule has 1 N–H and O–H groups in total. The predicted octanol–water partition coefficient (Wildman–Crippen LogP) is 2.31. The van der Waals surface area contributed by atoms with E-state index in [1.165, 1.54) is 38.5 Å². The van der Waals surface area contributed by atoms with Gasteiger partial charge in [-0.1, -0.05) is 19.8 Å². The van der Waals surface area contributed by atoms with Crippen LogP contribution in [-0.4, -0.2) is 38.2 Å². The van der Waals surface area contributed by atoms with Gasteiger partial charge >= 0.3 is 5.97 Å². The molecule has 0 spiro atoms. The van der Waals surface area contributed by atoms with Crippen LogP contribution in [-0.2, 0) is 9.53 Å². The SMILES string of the molecule is COC(=O)C(C)CNCCCCCCSC. The molecular formula is C12H25NO2S. The number of esters is 1. The van der Waals surface area contributed by atoms with Gasteiger partial charge in [-0.05, 0) is 31.4 Å². The lowest BCUT2D eigenvalue weighted by molar-refractivity contribution is -0.144. The lowest BCUT2D eigenvalue weighted by Crippen LogP contribution is -2.27. The molecule has 0 saturated carbocycles. The fourth-order valence-electron chi connectivity index (χ4n) is 1.45. The number of rotatable bonds is 10. The topological polar surface area (TPSA) is 38.3 Å². The third-order valence-electron chi connectivity index (χ3n) is 2.51. The van der Waals surface area contributed by atoms with Crippen LogP contribution in [0.5, 0.6) is 0 Å². The van der Waals surface area contributed by atoms with Crippen molar-refractivity contribution in [2.75, 3.05) is 32.2 Å². The molecule has 0 heterocycles. The van der Waals surface area contributed by atoms with E-state index in [2.05, 4.69) is 16.3 Å². The molecule has 0 aromatic heterocycles. The molecule has 0 radical (unpaired) electrons. The Kier molecular flexibility index (Phi) is 11.1. The molecule has 0 aliphatic carbocycles. The van der Waals surface area contributed by atoms with Crippen molar-refractivity contribution < 1.29 is 9.53 Å². The van der Waals surface area contributed by atoms with Gasteiger partial charge < -0.3 is 10.1 Å². The van der Waals surface area contributed by atoms with E-state index >= 15 is 0 Å². The van der Waals surface area contributed by atoms with Gasteiger partial charge in [0.15, 0.2) is 0 Å². The van der Waals surface area contributed by atoms with Crippen LogP contribution in [0.1, 0.15) is 32.6 Å². The average Bonchev–Trinajstić information content (AvgIpc) is 2.31. The van der Waals surface area contributed by atoms with Crippen molar-refractivity contribution in [2.24, 2.45) is 5.92 Å². The molecular weight excluding hydrogens is 222 g/mol. The number of carbonyl (C=O) groups excluding carboxylic acids is 1. The summed E-state index contributed by atoms with van der Waals surface area (Å²) >= 11 is 1.91. The van der Waals surface area contributed by atoms with Crippen molar-refractivity contribution in [3.05, 3.63) is 0 Å². The molecule has 16 heavy (non-hydrogen) atoms. The van der Waals surface area contributed by atoms with Crippen LogP contribution in [0, 0.1) is 5.92 Å². The van der Waals surface area contributed by atoms with Crippen molar-refractivity contribution in [1.29, 1.82) is 0 Å². The van der Waals surface area contributed by atoms with E-state index < -0.39 is 0 Å². The Morgan fingerprint density at radius 2 is 2.00 bits per heavy atom. The molecule has 0 fully saturated rings. The summed E-state index contributed by atoms with van der Waals surface area (Å²) < 4.78 is 4.65. The minimum atomic E-state index is -0.132. The highest BCUT2D eigenvalue weighted by Crippen LogP contribution is 2.04. The lowest BCUT2D eigenvalue weighted by Gasteiger charge is -2.10. The molecule has 4 heteroatoms. The second kappa shape index (κ2) is 11.3. The van der Waals surface area contributed by atoms with Gasteiger partial charge in [0.25, 0.3) is 0 Å². The number of hydrogen-bond donors (Lipinski definition) is 1. The lowest BCUT2D eigenvalue weighted by atomic mass is 10.1. The monoisotopic (exact) mass is 247 g/mol. The summed E-state index contributed by atoms with van der Waals surface area (Å²) in [4.78, 5) is 11.1. The molecule has 3 nitrogen and oxygen atoms in total. The smallest absolute Gasteiger partial charge is 0.309 e. The van der Waals surface area contributed by atoms with Crippen LogP contribution < -0.4 is 5.32 Å². The van der Waals surface area contributed by atoms with E-state index in [1.807, 2.05) is 18.7 Å². The molecule has 96 valence electrons. The first kappa shape index (κ1) is 15.8. The molecule has 0 rings (SSSR count). The summed E-state index contributed by atoms with van der Waals surface area (Å²) in [5.41, 5.74) is 0. The van der Waals surface area contributed by atoms with Gasteiger partial charge in [-0.2, -0.15) is 11.8 Å². The number of hydrogen-bond acceptors (Lipinski definition) is 4. The first-order valence-corrected chi connectivity index (χ1v) is 7.39. The fraction of sp³-hybridized carbons (Fsp3) is 0.917. The van der Waals surface area contributed by atoms with E-state index in [4.69, 9.17) is 0 Å². The van der Waals surface area contributed by atoms with Gasteiger partial charge in [0.1, 0.15) is 0 Å². The standard InChI is InChI=1S/C12H25NO2S/c1-11(12(14)15-2)10-13-8-6-4-5-7-9-16-3/h11,13H,4-10H2,1-3H3. The number of thioether (sulfide) groups is 1. The molecule has 0 bridgehead atoms. The van der Waals surface area contributed by atoms with Gasteiger partial charge in [-0.3, -0.25) is 4.79 Å². The summed E-state index contributed by atoms with van der Waals surface area (Å²) in [6.07, 6.45) is 7.26. The fourth-order valence-corrected chi connectivity index (χ4v) is 1.95. The van der Waals surface area contributed by atoms with Crippen molar-refractivity contribution in [2.45, 2.75) is 32.6 Å². The second-order valence-corrected chi connectivity index (χ2v) is 5.02. The zero-order valence-electron chi connectivity index (χ0n) is 10.8. The average molecular weight is 247 g/mol. The summed E-state index contributed by atoms with van der Waals surface area (Å²) in [6, 6.07) is 0. The van der Waals surface area contributed by atoms with E-state index in [0.717, 1.165) is 13.1 Å². The Morgan fingerprint density at radius 3 is 2.62 bits per heavy atom. The molecule has 0 aliphatic rings. The minimum Gasteiger partial charge on any atom is -0.469 e. The maximum atomic E-state index is 11.1. The highest BCUT2D eigenvalue weighted by Gasteiger charge is 2.11. The zero-order chi connectivity index (χ0) is 12.2. The quantitative estimate of drug-likeness (QED) is 0.475. The second-order valence-electron chi connectivity index (χ2n) is 4.04. The number of methoxy groups -OCH3 is 1. The minimum absolute atomic E-state index is 0.0403. The van der Waals surface area contributed by atoms with E-state index in [1.54, 1.807) is 0 Å². The molecule has 1 atom stereocenters. The van der Waals surface area contributed by atoms with Crippen molar-refractivity contribution >= 4 is 17.7 Å². The van der Waals surface area contributed by atoms with E-state index in [-0.39, 0.29) is 11.9 Å². The first-order chi connectivity index (χ1) is 7.72. The van der Waals surface area contributed by atoms with Crippen molar-refractivity contribution in [3.8, 4) is 0 Å². The molecule has 0 aliphatic heterocycles. The number of carbonyl (C=O) groups is 1. The summed E-state index contributed by atoms with van der Waals surface area (Å²) in [7, 11) is 1.44. The maximum absolute atomic E-state index is 11.1. The van der Waals surface area contributed by atoms with Crippen LogP contribution in [0.2, 0.25) is 0 Å². The molecule has 0 amide bonds. The van der Waals surface area contributed by atoms with Crippen LogP contribution in [0.4, 0.5) is 0 Å². The van der Waals surface area contributed by atoms with Crippen LogP contribution >= 0.6 is 11.8 Å². The van der Waals surface area contributed by atoms with Gasteiger partial charge in [-0.15, -0.1) is 0 Å². The third kappa shape index (κ3) is 9.04. The summed E-state index contributed by atoms with van der Waals surface area (Å²) in [6.45, 7) is 3.61. The van der Waals surface area contributed by atoms with Gasteiger partial charge in [0, 0.05) is 6.54 Å². The zero-order valence-corrected chi connectivity index (χ0v) is 11.6. The van der Waals surface area contributed by atoms with Crippen molar-refractivity contribution in [1.82, 2.24) is 5.32 Å². The predicted molar refractivity (Wildman–Crippen MR) is 70.9 cm³/mol. The Labute approximate surface area is 104 Å². The summed E-state index contributed by atoms with van der Waals surface area (Å²) in [5.74, 6) is 1.10. The number of nitrogens with one attached hydrogen (secondary N) is 1. The summed E-state index contributed by atoms with van der Waals surface area (Å²) in [5, 5.41) is 3.29. The maximum Gasteiger partial charge on any atom is 0.309 e. The van der Waals surface area contributed by atoms with Crippen LogP contribution in [0.15, 0.2) is 0 Å². The first-order valence-electron chi connectivity index (χ1n) is 5.99. The Balaban J connectivity index is 3.17. The largest absolute Gasteiger partial charge is 0.469 e. The van der Waals surface area contributed by atoms with Gasteiger partial charge in [0.2, 0.25) is 0 Å². The van der Waals surface area contributed by atoms with E-state index in [0.29, 0.717) is 0 Å². The highest BCUT2D eigenvalue weighted by molar-refractivity contribution is 7.98. The van der Waals surface area contributed by atoms with Crippen LogP contribution in [0.3, 0.4) is 0 Å². The molecule has 0 aromatic carbocycles. The van der Waals surface area contributed by atoms with Crippen molar-refractivity contribution in [3.63, 3.8) is 0 Å². The van der Waals surface area contributed by atoms with Crippen LogP contribution in [0.25, 0.3) is 0 Å². The Morgan fingerprint density at radius 1 is 1.31 bits per heavy atom. The normalized spacial score (nSPS) is 12.4. The number of ether oxygens (including phenoxy) is 1. The third-order valence-corrected chi connectivity index (χ3v) is 3.20. The Bertz CT molecular complexity index is 176. The van der Waals surface area contributed by atoms with E-state index in [9.17, 15) is 4.79 Å². The molecule has 0 saturated heterocycles. The number of unbranched alkanes of at least 4 members (excludes halogenated alkanes) is 3. The van der Waals surface area contributed by atoms with Gasteiger partial charge in [-0.25, -0.2) is 0 Å². The molecule has 1 unspecified atom stereocenters. The Hall–Kier alpha value is -0.220. The highest BCUT2D eigenvalue weighted by atomic mass is 32.2.